The fraction of sp³-hybridized carbons (Fsp3) is 0.938. The summed E-state index contributed by atoms with van der Waals surface area (Å²) in [5.74, 6) is 0.0979. The van der Waals surface area contributed by atoms with Crippen LogP contribution in [0.15, 0.2) is 0 Å². The molecule has 0 radical (unpaired) electrons. The molecule has 2 heteroatoms. The Balaban J connectivity index is 3.35. The fourth-order valence-electron chi connectivity index (χ4n) is 2.48. The molecule has 0 aliphatic carbocycles. The third kappa shape index (κ3) is 11.9. The van der Waals surface area contributed by atoms with Gasteiger partial charge in [0.25, 0.3) is 0 Å². The van der Waals surface area contributed by atoms with Gasteiger partial charge >= 0.3 is 5.97 Å². The van der Waals surface area contributed by atoms with Crippen LogP contribution in [0.3, 0.4) is 0 Å². The van der Waals surface area contributed by atoms with Gasteiger partial charge in [-0.3, -0.25) is 4.79 Å². The number of unbranched alkanes of at least 4 members (excludes halogenated alkanes) is 6. The van der Waals surface area contributed by atoms with Crippen molar-refractivity contribution < 1.29 is 9.90 Å². The Labute approximate surface area is 113 Å². The van der Waals surface area contributed by atoms with Crippen molar-refractivity contribution in [1.29, 1.82) is 0 Å². The van der Waals surface area contributed by atoms with Crippen molar-refractivity contribution in [1.82, 2.24) is 0 Å². The molecule has 0 aliphatic rings. The van der Waals surface area contributed by atoms with Crippen LogP contribution in [-0.4, -0.2) is 11.1 Å². The summed E-state index contributed by atoms with van der Waals surface area (Å²) in [5.41, 5.74) is 0. The first-order chi connectivity index (χ1) is 8.70. The van der Waals surface area contributed by atoms with Gasteiger partial charge in [0.05, 0.1) is 0 Å². The van der Waals surface area contributed by atoms with E-state index < -0.39 is 5.97 Å². The van der Waals surface area contributed by atoms with Gasteiger partial charge in [-0.1, -0.05) is 71.6 Å². The minimum Gasteiger partial charge on any atom is -0.481 e. The number of carboxylic acid groups (broad SMARTS) is 1. The molecule has 1 N–H and O–H groups in total. The van der Waals surface area contributed by atoms with Crippen molar-refractivity contribution in [2.45, 2.75) is 90.9 Å². The summed E-state index contributed by atoms with van der Waals surface area (Å²) in [6.07, 6.45) is 14.3. The summed E-state index contributed by atoms with van der Waals surface area (Å²) in [5, 5.41) is 8.62. The zero-order chi connectivity index (χ0) is 13.6. The molecule has 18 heavy (non-hydrogen) atoms. The Kier molecular flexibility index (Phi) is 12.5. The molecule has 1 atom stereocenters. The van der Waals surface area contributed by atoms with E-state index >= 15 is 0 Å². The fourth-order valence-corrected chi connectivity index (χ4v) is 2.48. The van der Waals surface area contributed by atoms with Crippen molar-refractivity contribution in [3.63, 3.8) is 0 Å². The first kappa shape index (κ1) is 17.5. The van der Waals surface area contributed by atoms with E-state index in [1.54, 1.807) is 0 Å². The van der Waals surface area contributed by atoms with Gasteiger partial charge in [0.2, 0.25) is 0 Å². The van der Waals surface area contributed by atoms with Crippen LogP contribution in [0.5, 0.6) is 0 Å². The summed E-state index contributed by atoms with van der Waals surface area (Å²) in [6.45, 7) is 4.48. The highest BCUT2D eigenvalue weighted by molar-refractivity contribution is 5.66. The summed E-state index contributed by atoms with van der Waals surface area (Å²) >= 11 is 0. The van der Waals surface area contributed by atoms with E-state index in [-0.39, 0.29) is 0 Å². The average Bonchev–Trinajstić information content (AvgIpc) is 2.35. The van der Waals surface area contributed by atoms with Crippen molar-refractivity contribution in [2.75, 3.05) is 0 Å². The highest BCUT2D eigenvalue weighted by atomic mass is 16.4. The van der Waals surface area contributed by atoms with Gasteiger partial charge in [0.1, 0.15) is 0 Å². The zero-order valence-electron chi connectivity index (χ0n) is 12.4. The molecule has 0 aliphatic heterocycles. The Hall–Kier alpha value is -0.530. The van der Waals surface area contributed by atoms with Gasteiger partial charge in [0, 0.05) is 6.42 Å². The molecule has 0 fully saturated rings. The Morgan fingerprint density at radius 2 is 1.44 bits per heavy atom. The van der Waals surface area contributed by atoms with Gasteiger partial charge in [-0.2, -0.15) is 0 Å². The van der Waals surface area contributed by atoms with Crippen molar-refractivity contribution in [2.24, 2.45) is 5.92 Å². The third-order valence-corrected chi connectivity index (χ3v) is 3.80. The van der Waals surface area contributed by atoms with E-state index in [2.05, 4.69) is 13.8 Å². The molecular formula is C16H32O2. The lowest BCUT2D eigenvalue weighted by atomic mass is 9.93. The van der Waals surface area contributed by atoms with E-state index in [1.807, 2.05) is 0 Å². The summed E-state index contributed by atoms with van der Waals surface area (Å²) < 4.78 is 0. The first-order valence-corrected chi connectivity index (χ1v) is 7.92. The highest BCUT2D eigenvalue weighted by Crippen LogP contribution is 2.20. The maximum atomic E-state index is 10.5. The number of carboxylic acids is 1. The lowest BCUT2D eigenvalue weighted by molar-refractivity contribution is -0.137. The second-order valence-corrected chi connectivity index (χ2v) is 5.47. The number of rotatable bonds is 13. The highest BCUT2D eigenvalue weighted by Gasteiger charge is 2.07. The number of hydrogen-bond donors (Lipinski definition) is 1. The SMILES string of the molecule is CCCCCCCCCC(CC)CCCC(=O)O. The lowest BCUT2D eigenvalue weighted by Gasteiger charge is -2.13. The lowest BCUT2D eigenvalue weighted by Crippen LogP contribution is -2.01. The van der Waals surface area contributed by atoms with Crippen LogP contribution < -0.4 is 0 Å². The Bertz CT molecular complexity index is 190. The van der Waals surface area contributed by atoms with E-state index in [1.165, 1.54) is 57.8 Å². The largest absolute Gasteiger partial charge is 0.481 e. The normalized spacial score (nSPS) is 12.6. The molecule has 0 spiro atoms. The van der Waals surface area contributed by atoms with Crippen LogP contribution in [0.2, 0.25) is 0 Å². The predicted molar refractivity (Wildman–Crippen MR) is 77.9 cm³/mol. The molecule has 1 unspecified atom stereocenters. The molecule has 2 nitrogen and oxygen atoms in total. The molecule has 0 rings (SSSR count). The van der Waals surface area contributed by atoms with Crippen LogP contribution in [0.25, 0.3) is 0 Å². The van der Waals surface area contributed by atoms with E-state index in [9.17, 15) is 4.79 Å². The molecule has 0 amide bonds. The van der Waals surface area contributed by atoms with E-state index in [0.29, 0.717) is 6.42 Å². The topological polar surface area (TPSA) is 37.3 Å². The Morgan fingerprint density at radius 1 is 0.889 bits per heavy atom. The minimum absolute atomic E-state index is 0.341. The van der Waals surface area contributed by atoms with Gasteiger partial charge in [-0.25, -0.2) is 0 Å². The molecule has 0 bridgehead atoms. The van der Waals surface area contributed by atoms with Crippen LogP contribution in [0, 0.1) is 5.92 Å². The van der Waals surface area contributed by atoms with Crippen LogP contribution in [0.4, 0.5) is 0 Å². The first-order valence-electron chi connectivity index (χ1n) is 7.92. The summed E-state index contributed by atoms with van der Waals surface area (Å²) in [7, 11) is 0. The van der Waals surface area contributed by atoms with Crippen molar-refractivity contribution in [3.05, 3.63) is 0 Å². The maximum Gasteiger partial charge on any atom is 0.303 e. The summed E-state index contributed by atoms with van der Waals surface area (Å²) in [4.78, 5) is 10.5. The van der Waals surface area contributed by atoms with Gasteiger partial charge in [-0.05, 0) is 18.8 Å². The monoisotopic (exact) mass is 256 g/mol. The second-order valence-electron chi connectivity index (χ2n) is 5.47. The molecule has 0 aromatic heterocycles. The molecule has 0 saturated heterocycles. The second kappa shape index (κ2) is 12.9. The third-order valence-electron chi connectivity index (χ3n) is 3.80. The quantitative estimate of drug-likeness (QED) is 0.447. The van der Waals surface area contributed by atoms with Crippen LogP contribution in [-0.2, 0) is 4.79 Å². The number of aliphatic carboxylic acids is 1. The van der Waals surface area contributed by atoms with Gasteiger partial charge < -0.3 is 5.11 Å². The minimum atomic E-state index is -0.652. The predicted octanol–water partition coefficient (Wildman–Crippen LogP) is 5.41. The van der Waals surface area contributed by atoms with Crippen molar-refractivity contribution >= 4 is 5.97 Å². The summed E-state index contributed by atoms with van der Waals surface area (Å²) in [6, 6.07) is 0. The van der Waals surface area contributed by atoms with Crippen LogP contribution in [0.1, 0.15) is 90.9 Å². The molecule has 108 valence electrons. The average molecular weight is 256 g/mol. The van der Waals surface area contributed by atoms with E-state index in [0.717, 1.165) is 18.8 Å². The molecule has 0 aromatic rings. The van der Waals surface area contributed by atoms with Gasteiger partial charge in [-0.15, -0.1) is 0 Å². The zero-order valence-corrected chi connectivity index (χ0v) is 12.4. The van der Waals surface area contributed by atoms with E-state index in [4.69, 9.17) is 5.11 Å². The smallest absolute Gasteiger partial charge is 0.303 e. The maximum absolute atomic E-state index is 10.5. The Morgan fingerprint density at radius 3 is 2.00 bits per heavy atom. The standard InChI is InChI=1S/C16H32O2/c1-3-5-6-7-8-9-10-12-15(4-2)13-11-14-16(17)18/h15H,3-14H2,1-2H3,(H,17,18). The molecular weight excluding hydrogens is 224 g/mol. The van der Waals surface area contributed by atoms with Gasteiger partial charge in [0.15, 0.2) is 0 Å². The van der Waals surface area contributed by atoms with Crippen molar-refractivity contribution in [3.8, 4) is 0 Å². The van der Waals surface area contributed by atoms with Crippen LogP contribution >= 0.6 is 0 Å². The molecule has 0 aromatic carbocycles. The number of hydrogen-bond acceptors (Lipinski definition) is 1. The molecule has 0 saturated carbocycles. The molecule has 0 heterocycles. The number of carbonyl (C=O) groups is 1.